The van der Waals surface area contributed by atoms with Gasteiger partial charge >= 0.3 is 0 Å². The van der Waals surface area contributed by atoms with Crippen LogP contribution in [0, 0.1) is 17.1 Å². The Kier molecular flexibility index (Phi) is 10.2. The summed E-state index contributed by atoms with van der Waals surface area (Å²) in [7, 11) is -2.18. The van der Waals surface area contributed by atoms with Crippen molar-refractivity contribution < 1.29 is 18.4 Å². The number of nitrogens with one attached hydrogen (secondary N) is 2. The van der Waals surface area contributed by atoms with Crippen LogP contribution in [0.5, 0.6) is 5.75 Å². The Morgan fingerprint density at radius 1 is 1.00 bits per heavy atom. The van der Waals surface area contributed by atoms with Gasteiger partial charge in [-0.15, -0.1) is 0 Å². The molecular weight excluding hydrogens is 573 g/mol. The minimum Gasteiger partial charge on any atom is -0.543 e. The zero-order chi connectivity index (χ0) is 32.0. The van der Waals surface area contributed by atoms with Crippen LogP contribution in [0.1, 0.15) is 68.9 Å². The van der Waals surface area contributed by atoms with Crippen molar-refractivity contribution in [2.24, 2.45) is 0 Å². The number of hydrogen-bond acceptors (Lipinski definition) is 5. The predicted octanol–water partition coefficient (Wildman–Crippen LogP) is 6.70. The molecule has 3 aromatic carbocycles. The summed E-state index contributed by atoms with van der Waals surface area (Å²) >= 11 is 0. The highest BCUT2D eigenvalue weighted by Gasteiger charge is 2.47. The Balaban J connectivity index is 1.41. The smallest absolute Gasteiger partial charge is 0.258 e. The Morgan fingerprint density at radius 3 is 2.39 bits per heavy atom. The lowest BCUT2D eigenvalue weighted by molar-refractivity contribution is -0.120. The van der Waals surface area contributed by atoms with E-state index in [2.05, 4.69) is 57.2 Å². The average Bonchev–Trinajstić information content (AvgIpc) is 3.43. The zero-order valence-corrected chi connectivity index (χ0v) is 27.1. The lowest BCUT2D eigenvalue weighted by Crippen LogP contribution is -2.50. The maximum absolute atomic E-state index is 14.0. The molecule has 0 bridgehead atoms. The van der Waals surface area contributed by atoms with Gasteiger partial charge in [-0.05, 0) is 63.3 Å². The summed E-state index contributed by atoms with van der Waals surface area (Å²) in [4.78, 5) is 30.2. The maximum Gasteiger partial charge on any atom is 0.258 e. The van der Waals surface area contributed by atoms with Crippen LogP contribution in [0.25, 0.3) is 10.8 Å². The van der Waals surface area contributed by atoms with Crippen molar-refractivity contribution in [2.75, 3.05) is 6.54 Å². The molecule has 0 saturated heterocycles. The van der Waals surface area contributed by atoms with Gasteiger partial charge in [-0.1, -0.05) is 65.8 Å². The fourth-order valence-corrected chi connectivity index (χ4v) is 11.4. The number of halogens is 1. The van der Waals surface area contributed by atoms with Crippen molar-refractivity contribution in [3.8, 4) is 11.8 Å². The van der Waals surface area contributed by atoms with E-state index in [4.69, 9.17) is 9.69 Å². The van der Waals surface area contributed by atoms with Gasteiger partial charge in [0, 0.05) is 24.5 Å². The van der Waals surface area contributed by atoms with Crippen molar-refractivity contribution in [1.82, 2.24) is 20.2 Å². The molecule has 1 heterocycles. The standard InChI is InChI=1S/C34H40FN5O3Si/c1-22(2)44(23(3)4,24(5)6)43-28-13-12-26-8-7-9-29(30(26)17-28)34(42)39-20-33(41)38-19-32-37-14-15-40(32)21-25-10-11-27(18-36)31(35)16-25/h7-17,22-24H,19-21H2,1-6H3,(H,38,41)(H,39,42). The molecule has 0 radical (unpaired) electrons. The third kappa shape index (κ3) is 7.00. The lowest BCUT2D eigenvalue weighted by atomic mass is 10.0. The highest BCUT2D eigenvalue weighted by atomic mass is 28.4. The molecule has 0 aliphatic carbocycles. The van der Waals surface area contributed by atoms with E-state index in [9.17, 15) is 14.0 Å². The number of aromatic nitrogens is 2. The molecule has 0 atom stereocenters. The first-order valence-corrected chi connectivity index (χ1v) is 17.1. The Labute approximate surface area is 259 Å². The van der Waals surface area contributed by atoms with Crippen LogP contribution < -0.4 is 15.1 Å². The van der Waals surface area contributed by atoms with Crippen LogP contribution in [-0.4, -0.2) is 36.2 Å². The van der Waals surface area contributed by atoms with E-state index in [-0.39, 0.29) is 30.5 Å². The van der Waals surface area contributed by atoms with E-state index in [0.29, 0.717) is 40.1 Å². The van der Waals surface area contributed by atoms with Crippen LogP contribution in [0.3, 0.4) is 0 Å². The molecular formula is C34H40FN5O3Si. The SMILES string of the molecule is CC(C)[Si](Oc1ccc2cccc(C(=O)NCC(=O)NCc3nccn3Cc3ccc(C#N)c(F)c3)c2c1)(C(C)C)C(C)C. The first-order chi connectivity index (χ1) is 21.0. The number of nitrogens with zero attached hydrogens (tertiary/aromatic N) is 3. The molecule has 4 rings (SSSR count). The maximum atomic E-state index is 14.0. The van der Waals surface area contributed by atoms with E-state index in [1.807, 2.05) is 36.4 Å². The molecule has 8 nitrogen and oxygen atoms in total. The third-order valence-corrected chi connectivity index (χ3v) is 14.3. The Morgan fingerprint density at radius 2 is 1.73 bits per heavy atom. The van der Waals surface area contributed by atoms with Crippen molar-refractivity contribution in [3.63, 3.8) is 0 Å². The molecule has 4 aromatic rings. The van der Waals surface area contributed by atoms with E-state index >= 15 is 0 Å². The second-order valence-corrected chi connectivity index (χ2v) is 17.3. The van der Waals surface area contributed by atoms with Crippen LogP contribution in [0.4, 0.5) is 4.39 Å². The van der Waals surface area contributed by atoms with Crippen molar-refractivity contribution in [3.05, 3.63) is 95.3 Å². The summed E-state index contributed by atoms with van der Waals surface area (Å²) in [5.41, 5.74) is 2.34. The number of benzene rings is 3. The summed E-state index contributed by atoms with van der Waals surface area (Å²) in [6.45, 7) is 13.7. The van der Waals surface area contributed by atoms with Crippen molar-refractivity contribution in [2.45, 2.75) is 71.3 Å². The molecule has 0 saturated carbocycles. The molecule has 0 spiro atoms. The van der Waals surface area contributed by atoms with Gasteiger partial charge in [0.25, 0.3) is 14.2 Å². The van der Waals surface area contributed by atoms with Crippen LogP contribution in [0.15, 0.2) is 67.0 Å². The van der Waals surface area contributed by atoms with Gasteiger partial charge in [-0.2, -0.15) is 5.26 Å². The number of imidazole rings is 1. The molecule has 2 amide bonds. The predicted molar refractivity (Wildman–Crippen MR) is 172 cm³/mol. The van der Waals surface area contributed by atoms with E-state index in [1.54, 1.807) is 29.1 Å². The molecule has 0 unspecified atom stereocenters. The Hall–Kier alpha value is -4.49. The minimum atomic E-state index is -2.18. The number of rotatable bonds is 12. The first kappa shape index (κ1) is 32.4. The Bertz CT molecular complexity index is 1670. The lowest BCUT2D eigenvalue weighted by Gasteiger charge is -2.42. The fraction of sp³-hybridized carbons (Fsp3) is 0.353. The molecule has 2 N–H and O–H groups in total. The van der Waals surface area contributed by atoms with Gasteiger partial charge in [0.2, 0.25) is 5.91 Å². The number of carbonyl (C=O) groups is 2. The van der Waals surface area contributed by atoms with Crippen LogP contribution in [0.2, 0.25) is 16.6 Å². The van der Waals surface area contributed by atoms with Gasteiger partial charge in [0.15, 0.2) is 0 Å². The molecule has 0 aliphatic heterocycles. The van der Waals surface area contributed by atoms with Gasteiger partial charge in [0.1, 0.15) is 23.5 Å². The van der Waals surface area contributed by atoms with Crippen molar-refractivity contribution >= 4 is 30.9 Å². The topological polar surface area (TPSA) is 109 Å². The second kappa shape index (κ2) is 13.9. The van der Waals surface area contributed by atoms with Gasteiger partial charge in [-0.25, -0.2) is 9.37 Å². The third-order valence-electron chi connectivity index (χ3n) is 8.26. The number of amides is 2. The molecule has 0 aliphatic rings. The zero-order valence-electron chi connectivity index (χ0n) is 26.1. The molecule has 0 fully saturated rings. The fourth-order valence-electron chi connectivity index (χ4n) is 6.16. The number of nitriles is 1. The highest BCUT2D eigenvalue weighted by Crippen LogP contribution is 2.43. The molecule has 230 valence electrons. The summed E-state index contributed by atoms with van der Waals surface area (Å²) in [6.07, 6.45) is 3.33. The number of hydrogen-bond donors (Lipinski definition) is 2. The van der Waals surface area contributed by atoms with Gasteiger partial charge in [-0.3, -0.25) is 9.59 Å². The monoisotopic (exact) mass is 613 g/mol. The first-order valence-electron chi connectivity index (χ1n) is 14.9. The number of fused-ring (bicyclic) bond motifs is 1. The normalized spacial score (nSPS) is 11.7. The summed E-state index contributed by atoms with van der Waals surface area (Å²) in [5, 5.41) is 16.1. The van der Waals surface area contributed by atoms with Crippen LogP contribution >= 0.6 is 0 Å². The minimum absolute atomic E-state index is 0.0155. The quantitative estimate of drug-likeness (QED) is 0.173. The second-order valence-electron chi connectivity index (χ2n) is 12.0. The summed E-state index contributed by atoms with van der Waals surface area (Å²) in [6, 6.07) is 17.7. The van der Waals surface area contributed by atoms with Crippen LogP contribution in [-0.2, 0) is 17.9 Å². The molecule has 44 heavy (non-hydrogen) atoms. The highest BCUT2D eigenvalue weighted by molar-refractivity contribution is 6.78. The van der Waals surface area contributed by atoms with Crippen molar-refractivity contribution in [1.29, 1.82) is 5.26 Å². The largest absolute Gasteiger partial charge is 0.543 e. The molecule has 10 heteroatoms. The number of carbonyl (C=O) groups excluding carboxylic acids is 2. The van der Waals surface area contributed by atoms with E-state index in [1.165, 1.54) is 12.1 Å². The average molecular weight is 614 g/mol. The van der Waals surface area contributed by atoms with E-state index < -0.39 is 14.1 Å². The summed E-state index contributed by atoms with van der Waals surface area (Å²) in [5.74, 6) is 0.0233. The van der Waals surface area contributed by atoms with Gasteiger partial charge in [0.05, 0.1) is 18.7 Å². The van der Waals surface area contributed by atoms with E-state index in [0.717, 1.165) is 16.5 Å². The molecule has 1 aromatic heterocycles. The van der Waals surface area contributed by atoms with Gasteiger partial charge < -0.3 is 19.6 Å². The summed E-state index contributed by atoms with van der Waals surface area (Å²) < 4.78 is 22.7.